The molecule has 1 atom stereocenters. The largest absolute Gasteiger partial charge is 0.379 e. The van der Waals surface area contributed by atoms with Crippen molar-refractivity contribution in [1.29, 1.82) is 0 Å². The molecule has 0 amide bonds. The molecule has 3 aliphatic rings. The fourth-order valence-electron chi connectivity index (χ4n) is 5.79. The van der Waals surface area contributed by atoms with Crippen LogP contribution in [0.1, 0.15) is 58.4 Å². The lowest BCUT2D eigenvalue weighted by atomic mass is 9.73. The molecule has 1 saturated carbocycles. The minimum absolute atomic E-state index is 0.231. The van der Waals surface area contributed by atoms with Crippen molar-refractivity contribution in [3.63, 3.8) is 0 Å². The molecule has 2 saturated heterocycles. The van der Waals surface area contributed by atoms with Crippen molar-refractivity contribution in [3.8, 4) is 0 Å². The summed E-state index contributed by atoms with van der Waals surface area (Å²) in [7, 11) is 0. The minimum atomic E-state index is 0.231. The van der Waals surface area contributed by atoms with E-state index in [1.165, 1.54) is 50.8 Å². The molecule has 0 radical (unpaired) electrons. The van der Waals surface area contributed by atoms with Crippen LogP contribution in [0, 0.1) is 5.41 Å². The molecule has 0 N–H and O–H groups in total. The first-order valence-electron chi connectivity index (χ1n) is 10.6. The molecular weight excluding hydrogens is 320 g/mol. The van der Waals surface area contributed by atoms with Crippen molar-refractivity contribution in [2.75, 3.05) is 39.4 Å². The molecule has 3 fully saturated rings. The summed E-state index contributed by atoms with van der Waals surface area (Å²) < 4.78 is 5.68. The van der Waals surface area contributed by atoms with E-state index >= 15 is 0 Å². The molecule has 144 valence electrons. The summed E-state index contributed by atoms with van der Waals surface area (Å²) in [6.45, 7) is 13.6. The van der Waals surface area contributed by atoms with Gasteiger partial charge in [-0.1, -0.05) is 30.3 Å². The van der Waals surface area contributed by atoms with Crippen molar-refractivity contribution in [3.05, 3.63) is 35.9 Å². The Bertz CT molecular complexity index is 594. The second kappa shape index (κ2) is 6.92. The highest BCUT2D eigenvalue weighted by Gasteiger charge is 2.53. The van der Waals surface area contributed by atoms with Gasteiger partial charge in [-0.2, -0.15) is 0 Å². The average molecular weight is 357 g/mol. The highest BCUT2D eigenvalue weighted by atomic mass is 16.5. The van der Waals surface area contributed by atoms with E-state index in [4.69, 9.17) is 4.74 Å². The summed E-state index contributed by atoms with van der Waals surface area (Å²) >= 11 is 0. The SMILES string of the molecule is CC(C)(C)N1CCC2(CC1)CCC(c1ccccc1)(N1CCOCC1)C2. The van der Waals surface area contributed by atoms with Crippen molar-refractivity contribution >= 4 is 0 Å². The van der Waals surface area contributed by atoms with Gasteiger partial charge in [-0.05, 0) is 76.9 Å². The molecule has 1 aromatic carbocycles. The number of benzene rings is 1. The van der Waals surface area contributed by atoms with Crippen LogP contribution < -0.4 is 0 Å². The molecule has 0 aromatic heterocycles. The Morgan fingerprint density at radius 2 is 1.50 bits per heavy atom. The van der Waals surface area contributed by atoms with Gasteiger partial charge in [0.15, 0.2) is 0 Å². The summed E-state index contributed by atoms with van der Waals surface area (Å²) in [4.78, 5) is 5.45. The number of hydrogen-bond donors (Lipinski definition) is 0. The monoisotopic (exact) mass is 356 g/mol. The summed E-state index contributed by atoms with van der Waals surface area (Å²) in [5.74, 6) is 0. The molecule has 1 unspecified atom stereocenters. The first-order valence-corrected chi connectivity index (χ1v) is 10.6. The highest BCUT2D eigenvalue weighted by Crippen LogP contribution is 2.57. The van der Waals surface area contributed by atoms with Crippen LogP contribution in [0.5, 0.6) is 0 Å². The van der Waals surface area contributed by atoms with Gasteiger partial charge in [-0.25, -0.2) is 0 Å². The molecule has 2 aliphatic heterocycles. The molecule has 26 heavy (non-hydrogen) atoms. The number of piperidine rings is 1. The van der Waals surface area contributed by atoms with Crippen LogP contribution >= 0.6 is 0 Å². The van der Waals surface area contributed by atoms with E-state index in [-0.39, 0.29) is 5.54 Å². The number of hydrogen-bond acceptors (Lipinski definition) is 3. The number of ether oxygens (including phenoxy) is 1. The van der Waals surface area contributed by atoms with Crippen LogP contribution in [0.25, 0.3) is 0 Å². The number of nitrogens with zero attached hydrogens (tertiary/aromatic N) is 2. The predicted octanol–water partition coefficient (Wildman–Crippen LogP) is 4.28. The average Bonchev–Trinajstić information content (AvgIpc) is 3.03. The zero-order chi connectivity index (χ0) is 18.3. The fraction of sp³-hybridized carbons (Fsp3) is 0.739. The lowest BCUT2D eigenvalue weighted by molar-refractivity contribution is -0.0332. The summed E-state index contributed by atoms with van der Waals surface area (Å²) in [5.41, 5.74) is 2.61. The van der Waals surface area contributed by atoms with Crippen LogP contribution in [0.3, 0.4) is 0 Å². The first-order chi connectivity index (χ1) is 12.4. The topological polar surface area (TPSA) is 15.7 Å². The number of rotatable bonds is 2. The number of morpholine rings is 1. The Morgan fingerprint density at radius 3 is 2.12 bits per heavy atom. The minimum Gasteiger partial charge on any atom is -0.379 e. The maximum atomic E-state index is 5.68. The van der Waals surface area contributed by atoms with Gasteiger partial charge in [0.1, 0.15) is 0 Å². The zero-order valence-corrected chi connectivity index (χ0v) is 17.0. The molecule has 3 heteroatoms. The second-order valence-electron chi connectivity index (χ2n) is 9.83. The first kappa shape index (κ1) is 18.5. The van der Waals surface area contributed by atoms with E-state index in [1.807, 2.05) is 0 Å². The van der Waals surface area contributed by atoms with Gasteiger partial charge in [0.25, 0.3) is 0 Å². The Morgan fingerprint density at radius 1 is 0.846 bits per heavy atom. The fourth-order valence-corrected chi connectivity index (χ4v) is 5.79. The molecule has 0 bridgehead atoms. The van der Waals surface area contributed by atoms with Gasteiger partial charge in [0, 0.05) is 24.2 Å². The van der Waals surface area contributed by atoms with Gasteiger partial charge in [0.2, 0.25) is 0 Å². The molecule has 4 rings (SSSR count). The smallest absolute Gasteiger partial charge is 0.0594 e. The lowest BCUT2D eigenvalue weighted by Crippen LogP contribution is -2.52. The van der Waals surface area contributed by atoms with Crippen LogP contribution in [-0.2, 0) is 10.3 Å². The lowest BCUT2D eigenvalue weighted by Gasteiger charge is -2.48. The van der Waals surface area contributed by atoms with E-state index in [2.05, 4.69) is 60.9 Å². The maximum absolute atomic E-state index is 5.68. The predicted molar refractivity (Wildman–Crippen MR) is 107 cm³/mol. The van der Waals surface area contributed by atoms with E-state index in [1.54, 1.807) is 0 Å². The van der Waals surface area contributed by atoms with Crippen LogP contribution in [0.2, 0.25) is 0 Å². The van der Waals surface area contributed by atoms with E-state index in [9.17, 15) is 0 Å². The van der Waals surface area contributed by atoms with Crippen molar-refractivity contribution in [1.82, 2.24) is 9.80 Å². The van der Waals surface area contributed by atoms with Gasteiger partial charge in [-0.15, -0.1) is 0 Å². The molecular formula is C23H36N2O. The van der Waals surface area contributed by atoms with E-state index in [0.717, 1.165) is 26.3 Å². The van der Waals surface area contributed by atoms with Crippen molar-refractivity contribution < 1.29 is 4.74 Å². The van der Waals surface area contributed by atoms with E-state index < -0.39 is 0 Å². The zero-order valence-electron chi connectivity index (χ0n) is 17.0. The Balaban J connectivity index is 1.58. The quantitative estimate of drug-likeness (QED) is 0.787. The van der Waals surface area contributed by atoms with Crippen LogP contribution in [0.15, 0.2) is 30.3 Å². The Kier molecular flexibility index (Phi) is 4.92. The molecule has 2 heterocycles. The van der Waals surface area contributed by atoms with Gasteiger partial charge in [0.05, 0.1) is 13.2 Å². The Labute approximate surface area is 159 Å². The van der Waals surface area contributed by atoms with Gasteiger partial charge >= 0.3 is 0 Å². The standard InChI is InChI=1S/C23H36N2O/c1-21(2,3)24-13-11-22(12-14-24)9-10-23(19-22,20-7-5-4-6-8-20)25-15-17-26-18-16-25/h4-8H,9-19H2,1-3H3. The second-order valence-corrected chi connectivity index (χ2v) is 9.83. The molecule has 1 spiro atoms. The summed E-state index contributed by atoms with van der Waals surface area (Å²) in [5, 5.41) is 0. The van der Waals surface area contributed by atoms with Crippen molar-refractivity contribution in [2.45, 2.75) is 64.0 Å². The highest BCUT2D eigenvalue weighted by molar-refractivity contribution is 5.28. The third-order valence-electron chi connectivity index (χ3n) is 7.44. The van der Waals surface area contributed by atoms with Gasteiger partial charge in [-0.3, -0.25) is 9.80 Å². The third-order valence-corrected chi connectivity index (χ3v) is 7.44. The van der Waals surface area contributed by atoms with Crippen LogP contribution in [0.4, 0.5) is 0 Å². The van der Waals surface area contributed by atoms with E-state index in [0.29, 0.717) is 11.0 Å². The molecule has 1 aromatic rings. The Hall–Kier alpha value is -0.900. The maximum Gasteiger partial charge on any atom is 0.0594 e. The van der Waals surface area contributed by atoms with Gasteiger partial charge < -0.3 is 4.74 Å². The molecule has 3 nitrogen and oxygen atoms in total. The summed E-state index contributed by atoms with van der Waals surface area (Å²) in [6, 6.07) is 11.4. The van der Waals surface area contributed by atoms with Crippen LogP contribution in [-0.4, -0.2) is 54.7 Å². The number of likely N-dealkylation sites (tertiary alicyclic amines) is 1. The normalized spacial score (nSPS) is 30.7. The molecule has 1 aliphatic carbocycles. The van der Waals surface area contributed by atoms with Crippen molar-refractivity contribution in [2.24, 2.45) is 5.41 Å². The summed E-state index contributed by atoms with van der Waals surface area (Å²) in [6.07, 6.45) is 6.76. The third kappa shape index (κ3) is 3.34.